The van der Waals surface area contributed by atoms with E-state index in [2.05, 4.69) is 15.9 Å². The van der Waals surface area contributed by atoms with Gasteiger partial charge in [0.15, 0.2) is 0 Å². The Bertz CT molecular complexity index is 1020. The van der Waals surface area contributed by atoms with E-state index < -0.39 is 7.75 Å². The molecule has 0 N–H and O–H groups in total. The van der Waals surface area contributed by atoms with Gasteiger partial charge in [-0.1, -0.05) is 64.0 Å². The summed E-state index contributed by atoms with van der Waals surface area (Å²) < 4.78 is 28.7. The van der Waals surface area contributed by atoms with E-state index in [0.717, 1.165) is 21.2 Å². The van der Waals surface area contributed by atoms with E-state index in [1.807, 2.05) is 91.3 Å². The van der Waals surface area contributed by atoms with Crippen molar-refractivity contribution in [3.05, 3.63) is 94.0 Å². The molecule has 6 heteroatoms. The van der Waals surface area contributed by atoms with E-state index in [4.69, 9.17) is 9.05 Å². The van der Waals surface area contributed by atoms with Crippen LogP contribution in [0.1, 0.15) is 29.7 Å². The number of hydrogen-bond donors (Lipinski definition) is 0. The van der Waals surface area contributed by atoms with Gasteiger partial charge in [0.25, 0.3) is 0 Å². The maximum absolute atomic E-state index is 14.0. The molecule has 0 spiro atoms. The number of benzene rings is 3. The SMILES string of the molecule is Cc1ccc(OP2(=O)Oc3ccc(Br)cc3CN2C(C)c2ccccc2)cc1. The first-order valence-corrected chi connectivity index (χ1v) is 11.4. The van der Waals surface area contributed by atoms with Crippen LogP contribution >= 0.6 is 23.7 Å². The van der Waals surface area contributed by atoms with Gasteiger partial charge >= 0.3 is 7.75 Å². The van der Waals surface area contributed by atoms with E-state index in [0.29, 0.717) is 18.0 Å². The third-order valence-electron chi connectivity index (χ3n) is 4.85. The number of halogens is 1. The minimum Gasteiger partial charge on any atom is -0.404 e. The molecular formula is C22H21BrNO3P. The van der Waals surface area contributed by atoms with Gasteiger partial charge in [-0.15, -0.1) is 0 Å². The normalized spacial score (nSPS) is 20.1. The summed E-state index contributed by atoms with van der Waals surface area (Å²) in [5.41, 5.74) is 3.13. The highest BCUT2D eigenvalue weighted by Gasteiger charge is 2.44. The van der Waals surface area contributed by atoms with E-state index in [-0.39, 0.29) is 6.04 Å². The van der Waals surface area contributed by atoms with Gasteiger partial charge in [0.2, 0.25) is 0 Å². The maximum atomic E-state index is 14.0. The molecule has 2 unspecified atom stereocenters. The van der Waals surface area contributed by atoms with Gasteiger partial charge in [-0.25, -0.2) is 4.57 Å². The fourth-order valence-corrected chi connectivity index (χ4v) is 5.61. The van der Waals surface area contributed by atoms with Crippen LogP contribution in [0.5, 0.6) is 11.5 Å². The first kappa shape index (κ1) is 19.3. The minimum atomic E-state index is -3.61. The molecule has 4 nitrogen and oxygen atoms in total. The molecule has 1 aliphatic rings. The van der Waals surface area contributed by atoms with E-state index in [1.165, 1.54) is 0 Å². The van der Waals surface area contributed by atoms with Crippen LogP contribution in [0.2, 0.25) is 0 Å². The molecule has 144 valence electrons. The summed E-state index contributed by atoms with van der Waals surface area (Å²) in [5.74, 6) is 1.12. The Morgan fingerprint density at radius 1 is 1.07 bits per heavy atom. The van der Waals surface area contributed by atoms with Crippen molar-refractivity contribution in [3.63, 3.8) is 0 Å². The molecule has 3 aromatic carbocycles. The first-order chi connectivity index (χ1) is 13.4. The quantitative estimate of drug-likeness (QED) is 0.399. The van der Waals surface area contributed by atoms with Crippen molar-refractivity contribution in [2.45, 2.75) is 26.4 Å². The summed E-state index contributed by atoms with van der Waals surface area (Å²) in [6, 6.07) is 23.0. The molecule has 0 bridgehead atoms. The molecule has 0 fully saturated rings. The summed E-state index contributed by atoms with van der Waals surface area (Å²) >= 11 is 3.51. The topological polar surface area (TPSA) is 38.8 Å². The van der Waals surface area contributed by atoms with Crippen LogP contribution in [0.25, 0.3) is 0 Å². The minimum absolute atomic E-state index is 0.149. The Labute approximate surface area is 173 Å². The highest BCUT2D eigenvalue weighted by Crippen LogP contribution is 2.59. The Morgan fingerprint density at radius 3 is 2.50 bits per heavy atom. The molecule has 0 saturated carbocycles. The molecule has 0 aliphatic carbocycles. The molecular weight excluding hydrogens is 437 g/mol. The molecule has 3 aromatic rings. The number of aryl methyl sites for hydroxylation is 1. The van der Waals surface area contributed by atoms with Crippen molar-refractivity contribution in [2.75, 3.05) is 0 Å². The van der Waals surface area contributed by atoms with Crippen molar-refractivity contribution >= 4 is 23.7 Å². The summed E-state index contributed by atoms with van der Waals surface area (Å²) in [7, 11) is -3.61. The van der Waals surface area contributed by atoms with Gasteiger partial charge in [-0.2, -0.15) is 4.67 Å². The van der Waals surface area contributed by atoms with E-state index >= 15 is 0 Å². The molecule has 1 heterocycles. The zero-order chi connectivity index (χ0) is 19.7. The molecule has 0 amide bonds. The second-order valence-corrected chi connectivity index (χ2v) is 9.63. The lowest BCUT2D eigenvalue weighted by Crippen LogP contribution is -2.31. The molecule has 2 atom stereocenters. The standard InChI is InChI=1S/C22H21BrNO3P/c1-16-8-11-21(12-9-16)26-28(25)24(17(2)18-6-4-3-5-7-18)15-19-14-20(23)10-13-22(19)27-28/h3-14,17H,15H2,1-2H3. The Morgan fingerprint density at radius 2 is 1.79 bits per heavy atom. The van der Waals surface area contributed by atoms with Crippen LogP contribution in [-0.2, 0) is 11.1 Å². The third kappa shape index (κ3) is 3.88. The number of fused-ring (bicyclic) bond motifs is 1. The summed E-state index contributed by atoms with van der Waals surface area (Å²) in [5, 5.41) is 0. The van der Waals surface area contributed by atoms with E-state index in [1.54, 1.807) is 0 Å². The van der Waals surface area contributed by atoms with Crippen LogP contribution in [0.3, 0.4) is 0 Å². The summed E-state index contributed by atoms with van der Waals surface area (Å²) in [4.78, 5) is 0. The van der Waals surface area contributed by atoms with Crippen LogP contribution < -0.4 is 9.05 Å². The third-order valence-corrected chi connectivity index (χ3v) is 7.33. The van der Waals surface area contributed by atoms with Gasteiger partial charge in [-0.05, 0) is 49.7 Å². The van der Waals surface area contributed by atoms with Crippen molar-refractivity contribution < 1.29 is 13.6 Å². The zero-order valence-electron chi connectivity index (χ0n) is 15.7. The predicted octanol–water partition coefficient (Wildman–Crippen LogP) is 6.90. The van der Waals surface area contributed by atoms with Crippen molar-refractivity contribution in [3.8, 4) is 11.5 Å². The molecule has 28 heavy (non-hydrogen) atoms. The monoisotopic (exact) mass is 457 g/mol. The van der Waals surface area contributed by atoms with Crippen molar-refractivity contribution in [1.82, 2.24) is 4.67 Å². The van der Waals surface area contributed by atoms with Gasteiger partial charge in [-0.3, -0.25) is 0 Å². The predicted molar refractivity (Wildman–Crippen MR) is 115 cm³/mol. The van der Waals surface area contributed by atoms with Crippen LogP contribution in [0, 0.1) is 6.92 Å². The number of nitrogens with zero attached hydrogens (tertiary/aromatic N) is 1. The van der Waals surface area contributed by atoms with Crippen molar-refractivity contribution in [2.24, 2.45) is 0 Å². The van der Waals surface area contributed by atoms with Crippen LogP contribution in [-0.4, -0.2) is 4.67 Å². The molecule has 0 aromatic heterocycles. The molecule has 4 rings (SSSR count). The lowest BCUT2D eigenvalue weighted by molar-refractivity contribution is 0.223. The number of rotatable bonds is 4. The van der Waals surface area contributed by atoms with Gasteiger partial charge < -0.3 is 9.05 Å². The summed E-state index contributed by atoms with van der Waals surface area (Å²) in [6.07, 6.45) is 0. The largest absolute Gasteiger partial charge is 0.516 e. The summed E-state index contributed by atoms with van der Waals surface area (Å²) in [6.45, 7) is 4.49. The molecule has 1 aliphatic heterocycles. The van der Waals surface area contributed by atoms with Gasteiger partial charge in [0.05, 0.1) is 0 Å². The smallest absolute Gasteiger partial charge is 0.404 e. The Balaban J connectivity index is 1.74. The fraction of sp³-hybridized carbons (Fsp3) is 0.182. The fourth-order valence-electron chi connectivity index (χ4n) is 3.25. The average molecular weight is 458 g/mol. The molecule has 0 radical (unpaired) electrons. The van der Waals surface area contributed by atoms with Gasteiger partial charge in [0.1, 0.15) is 11.5 Å². The Hall–Kier alpha value is -2.07. The molecule has 0 saturated heterocycles. The lowest BCUT2D eigenvalue weighted by atomic mass is 10.1. The Kier molecular flexibility index (Phi) is 5.33. The van der Waals surface area contributed by atoms with Gasteiger partial charge in [0, 0.05) is 22.6 Å². The second kappa shape index (κ2) is 7.75. The van der Waals surface area contributed by atoms with Crippen molar-refractivity contribution in [1.29, 1.82) is 0 Å². The highest BCUT2D eigenvalue weighted by molar-refractivity contribution is 9.10. The van der Waals surface area contributed by atoms with Crippen LogP contribution in [0.15, 0.2) is 77.3 Å². The van der Waals surface area contributed by atoms with E-state index in [9.17, 15) is 4.57 Å². The average Bonchev–Trinajstić information content (AvgIpc) is 2.70. The zero-order valence-corrected chi connectivity index (χ0v) is 18.2. The lowest BCUT2D eigenvalue weighted by Gasteiger charge is -2.38. The maximum Gasteiger partial charge on any atom is 0.516 e. The number of hydrogen-bond acceptors (Lipinski definition) is 3. The first-order valence-electron chi connectivity index (χ1n) is 9.11. The highest BCUT2D eigenvalue weighted by atomic mass is 79.9. The van der Waals surface area contributed by atoms with Crippen LogP contribution in [0.4, 0.5) is 0 Å². The second-order valence-electron chi connectivity index (χ2n) is 6.90.